The SMILES string of the molecule is O=C(CC(F)(F)F)N1CCCC(c2cc[nH]c3nnc4nccc4c23)C1. The van der Waals surface area contributed by atoms with E-state index in [2.05, 4.69) is 20.2 Å². The van der Waals surface area contributed by atoms with Gasteiger partial charge >= 0.3 is 6.18 Å². The van der Waals surface area contributed by atoms with Crippen molar-refractivity contribution in [2.24, 2.45) is 0 Å². The fourth-order valence-electron chi connectivity index (χ4n) is 3.64. The minimum absolute atomic E-state index is 0.0552. The average molecular weight is 363 g/mol. The predicted octanol–water partition coefficient (Wildman–Crippen LogP) is 3.16. The van der Waals surface area contributed by atoms with Crippen molar-refractivity contribution >= 4 is 28.0 Å². The summed E-state index contributed by atoms with van der Waals surface area (Å²) < 4.78 is 37.7. The molecule has 136 valence electrons. The second-order valence-electron chi connectivity index (χ2n) is 6.51. The van der Waals surface area contributed by atoms with E-state index < -0.39 is 18.5 Å². The summed E-state index contributed by atoms with van der Waals surface area (Å²) in [4.78, 5) is 20.5. The molecule has 1 aliphatic rings. The van der Waals surface area contributed by atoms with E-state index in [0.717, 1.165) is 22.8 Å². The van der Waals surface area contributed by atoms with E-state index >= 15 is 0 Å². The summed E-state index contributed by atoms with van der Waals surface area (Å²) in [7, 11) is 0. The van der Waals surface area contributed by atoms with Crippen LogP contribution >= 0.6 is 0 Å². The van der Waals surface area contributed by atoms with E-state index in [9.17, 15) is 18.0 Å². The van der Waals surface area contributed by atoms with Gasteiger partial charge in [-0.1, -0.05) is 0 Å². The van der Waals surface area contributed by atoms with E-state index in [-0.39, 0.29) is 12.5 Å². The lowest BCUT2D eigenvalue weighted by molar-refractivity contribution is -0.162. The lowest BCUT2D eigenvalue weighted by atomic mass is 9.88. The van der Waals surface area contributed by atoms with Crippen molar-refractivity contribution in [2.75, 3.05) is 13.1 Å². The van der Waals surface area contributed by atoms with E-state index in [1.807, 2.05) is 12.1 Å². The molecule has 0 spiro atoms. The first kappa shape index (κ1) is 16.7. The number of nitrogens with zero attached hydrogens (tertiary/aromatic N) is 4. The van der Waals surface area contributed by atoms with Crippen molar-refractivity contribution in [1.82, 2.24) is 25.1 Å². The van der Waals surface area contributed by atoms with E-state index in [4.69, 9.17) is 0 Å². The normalized spacial score (nSPS) is 18.6. The van der Waals surface area contributed by atoms with Gasteiger partial charge in [0.2, 0.25) is 5.91 Å². The summed E-state index contributed by atoms with van der Waals surface area (Å²) in [5.41, 5.74) is 2.08. The third-order valence-corrected chi connectivity index (χ3v) is 4.77. The van der Waals surface area contributed by atoms with Crippen LogP contribution in [0, 0.1) is 0 Å². The van der Waals surface area contributed by atoms with Crippen LogP contribution in [0.2, 0.25) is 0 Å². The number of nitrogens with one attached hydrogen (secondary N) is 1. The standard InChI is InChI=1S/C17H16F3N5O/c18-17(19,20)8-13(26)25-7-1-2-10(9-25)11-3-5-22-16-14(11)12-4-6-21-15(12)23-24-16/h3-6,10H,1-2,7-9H2,(H,22,24). The molecular weight excluding hydrogens is 347 g/mol. The molecule has 0 bridgehead atoms. The van der Waals surface area contributed by atoms with Gasteiger partial charge in [-0.2, -0.15) is 13.2 Å². The zero-order chi connectivity index (χ0) is 18.3. The quantitative estimate of drug-likeness (QED) is 0.759. The molecule has 1 atom stereocenters. The molecule has 1 amide bonds. The number of fused-ring (bicyclic) bond motifs is 3. The molecule has 3 aromatic heterocycles. The highest BCUT2D eigenvalue weighted by Crippen LogP contribution is 2.34. The topological polar surface area (TPSA) is 74.8 Å². The number of halogens is 3. The monoisotopic (exact) mass is 363 g/mol. The molecule has 9 heteroatoms. The zero-order valence-corrected chi connectivity index (χ0v) is 13.8. The van der Waals surface area contributed by atoms with E-state index in [1.165, 1.54) is 4.90 Å². The number of hydrogen-bond acceptors (Lipinski definition) is 4. The fraction of sp³-hybridized carbons (Fsp3) is 0.412. The number of rotatable bonds is 2. The Morgan fingerprint density at radius 3 is 2.96 bits per heavy atom. The molecular formula is C17H16F3N5O. The smallest absolute Gasteiger partial charge is 0.345 e. The number of alkyl halides is 3. The van der Waals surface area contributed by atoms with Crippen molar-refractivity contribution in [1.29, 1.82) is 0 Å². The Morgan fingerprint density at radius 1 is 1.31 bits per heavy atom. The number of likely N-dealkylation sites (tertiary alicyclic amines) is 1. The first-order chi connectivity index (χ1) is 12.4. The molecule has 0 saturated carbocycles. The predicted molar refractivity (Wildman–Crippen MR) is 88.4 cm³/mol. The molecule has 4 heterocycles. The van der Waals surface area contributed by atoms with Crippen molar-refractivity contribution < 1.29 is 18.0 Å². The number of pyridine rings is 1. The molecule has 6 nitrogen and oxygen atoms in total. The number of carbonyl (C=O) groups is 1. The van der Waals surface area contributed by atoms with Gasteiger partial charge in [0.15, 0.2) is 11.3 Å². The van der Waals surface area contributed by atoms with Crippen LogP contribution in [0.15, 0.2) is 24.5 Å². The second-order valence-corrected chi connectivity index (χ2v) is 6.51. The number of amides is 1. The van der Waals surface area contributed by atoms with Crippen LogP contribution in [0.25, 0.3) is 22.1 Å². The van der Waals surface area contributed by atoms with E-state index in [1.54, 1.807) is 12.4 Å². The van der Waals surface area contributed by atoms with Crippen LogP contribution in [0.5, 0.6) is 0 Å². The van der Waals surface area contributed by atoms with Crippen molar-refractivity contribution in [2.45, 2.75) is 31.4 Å². The van der Waals surface area contributed by atoms with Gasteiger partial charge in [0.05, 0.1) is 0 Å². The second kappa shape index (κ2) is 6.22. The molecule has 3 aromatic rings. The first-order valence-electron chi connectivity index (χ1n) is 8.35. The lowest BCUT2D eigenvalue weighted by Gasteiger charge is -2.33. The van der Waals surface area contributed by atoms with Gasteiger partial charge in [-0.25, -0.2) is 4.98 Å². The summed E-state index contributed by atoms with van der Waals surface area (Å²) in [6, 6.07) is 3.75. The van der Waals surface area contributed by atoms with Crippen molar-refractivity contribution in [3.05, 3.63) is 30.1 Å². The summed E-state index contributed by atoms with van der Waals surface area (Å²) in [6.07, 6.45) is -1.05. The molecule has 1 fully saturated rings. The molecule has 1 saturated heterocycles. The minimum Gasteiger partial charge on any atom is -0.345 e. The minimum atomic E-state index is -4.48. The van der Waals surface area contributed by atoms with Gasteiger partial charge in [0.25, 0.3) is 0 Å². The summed E-state index contributed by atoms with van der Waals surface area (Å²) in [5, 5.41) is 9.91. The Kier molecular flexibility index (Phi) is 4.01. The van der Waals surface area contributed by atoms with Gasteiger partial charge < -0.3 is 9.88 Å². The van der Waals surface area contributed by atoms with Crippen molar-refractivity contribution in [3.63, 3.8) is 0 Å². The molecule has 1 aliphatic heterocycles. The third-order valence-electron chi connectivity index (χ3n) is 4.77. The third kappa shape index (κ3) is 3.09. The van der Waals surface area contributed by atoms with Gasteiger partial charge in [-0.15, -0.1) is 10.2 Å². The van der Waals surface area contributed by atoms with Crippen LogP contribution in [-0.4, -0.2) is 50.2 Å². The molecule has 26 heavy (non-hydrogen) atoms. The first-order valence-corrected chi connectivity index (χ1v) is 8.35. The maximum absolute atomic E-state index is 12.6. The molecule has 0 aliphatic carbocycles. The van der Waals surface area contributed by atoms with Gasteiger partial charge in [-0.05, 0) is 30.5 Å². The Morgan fingerprint density at radius 2 is 2.15 bits per heavy atom. The maximum atomic E-state index is 12.6. The number of aromatic amines is 1. The van der Waals surface area contributed by atoms with Crippen LogP contribution in [-0.2, 0) is 4.79 Å². The van der Waals surface area contributed by atoms with Gasteiger partial charge in [-0.3, -0.25) is 4.79 Å². The Balaban J connectivity index is 1.69. The molecule has 1 N–H and O–H groups in total. The van der Waals surface area contributed by atoms with Crippen LogP contribution in [0.1, 0.15) is 30.7 Å². The Hall–Kier alpha value is -2.71. The number of piperidine rings is 1. The average Bonchev–Trinajstić information content (AvgIpc) is 3.09. The maximum Gasteiger partial charge on any atom is 0.397 e. The zero-order valence-electron chi connectivity index (χ0n) is 13.8. The number of carbonyl (C=O) groups excluding carboxylic acids is 1. The summed E-state index contributed by atoms with van der Waals surface area (Å²) >= 11 is 0. The highest BCUT2D eigenvalue weighted by molar-refractivity contribution is 6.03. The van der Waals surface area contributed by atoms with Gasteiger partial charge in [0.1, 0.15) is 6.42 Å². The highest BCUT2D eigenvalue weighted by Gasteiger charge is 2.35. The van der Waals surface area contributed by atoms with Gasteiger partial charge in [0, 0.05) is 42.2 Å². The molecule has 4 rings (SSSR count). The summed E-state index contributed by atoms with van der Waals surface area (Å²) in [6.45, 7) is 0.626. The molecule has 0 aromatic carbocycles. The van der Waals surface area contributed by atoms with Crippen LogP contribution < -0.4 is 0 Å². The number of aromatic nitrogens is 4. The highest BCUT2D eigenvalue weighted by atomic mass is 19.4. The Bertz CT molecular complexity index is 968. The fourth-order valence-corrected chi connectivity index (χ4v) is 3.64. The summed E-state index contributed by atoms with van der Waals surface area (Å²) in [5.74, 6) is -0.922. The Labute approximate surface area is 146 Å². The number of H-pyrrole nitrogens is 1. The molecule has 0 radical (unpaired) electrons. The largest absolute Gasteiger partial charge is 0.397 e. The number of hydrogen-bond donors (Lipinski definition) is 1. The lowest BCUT2D eigenvalue weighted by Crippen LogP contribution is -2.40. The van der Waals surface area contributed by atoms with Crippen LogP contribution in [0.3, 0.4) is 0 Å². The van der Waals surface area contributed by atoms with E-state index in [0.29, 0.717) is 24.3 Å². The van der Waals surface area contributed by atoms with Crippen molar-refractivity contribution in [3.8, 4) is 0 Å². The van der Waals surface area contributed by atoms with Crippen LogP contribution in [0.4, 0.5) is 13.2 Å². The molecule has 1 unspecified atom stereocenters.